The summed E-state index contributed by atoms with van der Waals surface area (Å²) in [7, 11) is 0. The van der Waals surface area contributed by atoms with Crippen LogP contribution in [0.2, 0.25) is 0 Å². The second-order valence-electron chi connectivity index (χ2n) is 12.9. The highest BCUT2D eigenvalue weighted by Crippen LogP contribution is 2.39. The van der Waals surface area contributed by atoms with Crippen molar-refractivity contribution in [2.75, 3.05) is 18.8 Å². The Labute approximate surface area is 253 Å². The number of amides is 2. The van der Waals surface area contributed by atoms with Crippen LogP contribution >= 0.6 is 11.8 Å². The fourth-order valence-electron chi connectivity index (χ4n) is 6.49. The molecule has 7 nitrogen and oxygen atoms in total. The molecule has 2 amide bonds. The number of benzene rings is 2. The first-order chi connectivity index (χ1) is 20.2. The molecule has 2 heterocycles. The van der Waals surface area contributed by atoms with Gasteiger partial charge in [-0.2, -0.15) is 0 Å². The van der Waals surface area contributed by atoms with E-state index in [4.69, 9.17) is 0 Å². The van der Waals surface area contributed by atoms with Crippen LogP contribution in [0, 0.1) is 11.8 Å². The maximum atomic E-state index is 13.7. The Hall–Kier alpha value is -2.94. The normalized spacial score (nSPS) is 22.6. The molecule has 0 bridgehead atoms. The molecule has 1 aromatic heterocycles. The smallest absolute Gasteiger partial charge is 0.252 e. The van der Waals surface area contributed by atoms with Crippen molar-refractivity contribution < 1.29 is 14.7 Å². The fourth-order valence-corrected chi connectivity index (χ4v) is 7.52. The number of piperidine rings is 1. The molecule has 3 aromatic rings. The van der Waals surface area contributed by atoms with Crippen molar-refractivity contribution in [2.24, 2.45) is 11.8 Å². The second kappa shape index (κ2) is 13.6. The molecule has 0 unspecified atom stereocenters. The lowest BCUT2D eigenvalue weighted by Gasteiger charge is -2.47. The van der Waals surface area contributed by atoms with Crippen LogP contribution < -0.4 is 10.6 Å². The van der Waals surface area contributed by atoms with Crippen LogP contribution in [0.3, 0.4) is 0 Å². The SMILES string of the molecule is CC(C)(C)NC(=O)[C@@H]1C[C@@H]2CCCC[C@@H]2CN1C[C@H](O)[C@@H](CSc1ccccc1)NC(=O)c1cccc2ncccc12. The van der Waals surface area contributed by atoms with Gasteiger partial charge in [0.15, 0.2) is 0 Å². The van der Waals surface area contributed by atoms with Crippen LogP contribution in [0.15, 0.2) is 71.8 Å². The van der Waals surface area contributed by atoms with Crippen molar-refractivity contribution in [2.45, 2.75) is 81.5 Å². The predicted octanol–water partition coefficient (Wildman–Crippen LogP) is 5.28. The number of rotatable bonds is 9. The largest absolute Gasteiger partial charge is 0.390 e. The Morgan fingerprint density at radius 3 is 2.55 bits per heavy atom. The molecular formula is C34H44N4O3S. The number of aromatic nitrogens is 1. The third-order valence-electron chi connectivity index (χ3n) is 8.57. The van der Waals surface area contributed by atoms with Crippen molar-refractivity contribution in [3.05, 3.63) is 72.4 Å². The van der Waals surface area contributed by atoms with E-state index < -0.39 is 12.1 Å². The van der Waals surface area contributed by atoms with Crippen molar-refractivity contribution in [1.82, 2.24) is 20.5 Å². The molecule has 5 rings (SSSR count). The summed E-state index contributed by atoms with van der Waals surface area (Å²) in [6, 6.07) is 18.5. The summed E-state index contributed by atoms with van der Waals surface area (Å²) in [4.78, 5) is 34.8. The minimum atomic E-state index is -0.858. The van der Waals surface area contributed by atoms with E-state index in [1.54, 1.807) is 24.0 Å². The number of fused-ring (bicyclic) bond motifs is 2. The van der Waals surface area contributed by atoms with Crippen LogP contribution in [0.1, 0.15) is 63.2 Å². The molecular weight excluding hydrogens is 544 g/mol. The van der Waals surface area contributed by atoms with Gasteiger partial charge in [-0.05, 0) is 75.8 Å². The molecule has 1 aliphatic heterocycles. The van der Waals surface area contributed by atoms with Gasteiger partial charge in [-0.3, -0.25) is 19.5 Å². The molecule has 1 saturated heterocycles. The average Bonchev–Trinajstić information content (AvgIpc) is 2.98. The lowest BCUT2D eigenvalue weighted by molar-refractivity contribution is -0.132. The van der Waals surface area contributed by atoms with Crippen LogP contribution in [0.4, 0.5) is 0 Å². The lowest BCUT2D eigenvalue weighted by Crippen LogP contribution is -2.60. The summed E-state index contributed by atoms with van der Waals surface area (Å²) in [5.74, 6) is 1.38. The van der Waals surface area contributed by atoms with E-state index in [9.17, 15) is 14.7 Å². The van der Waals surface area contributed by atoms with Gasteiger partial charge >= 0.3 is 0 Å². The Balaban J connectivity index is 1.37. The minimum absolute atomic E-state index is 0.0289. The molecule has 8 heteroatoms. The number of nitrogens with one attached hydrogen (secondary N) is 2. The molecule has 5 atom stereocenters. The monoisotopic (exact) mass is 588 g/mol. The number of pyridine rings is 1. The van der Waals surface area contributed by atoms with Gasteiger partial charge in [-0.1, -0.05) is 49.6 Å². The fraction of sp³-hybridized carbons (Fsp3) is 0.500. The van der Waals surface area contributed by atoms with E-state index in [-0.39, 0.29) is 23.4 Å². The molecule has 0 spiro atoms. The molecule has 224 valence electrons. The summed E-state index contributed by atoms with van der Waals surface area (Å²) in [6.07, 6.45) is 6.47. The number of likely N-dealkylation sites (tertiary alicyclic amines) is 1. The van der Waals surface area contributed by atoms with Crippen LogP contribution in [0.25, 0.3) is 10.9 Å². The first-order valence-electron chi connectivity index (χ1n) is 15.2. The molecule has 1 aliphatic carbocycles. The zero-order valence-electron chi connectivity index (χ0n) is 25.0. The number of carbonyl (C=O) groups excluding carboxylic acids is 2. The van der Waals surface area contributed by atoms with Gasteiger partial charge in [-0.25, -0.2) is 0 Å². The Morgan fingerprint density at radius 1 is 1.02 bits per heavy atom. The summed E-state index contributed by atoms with van der Waals surface area (Å²) >= 11 is 1.61. The Bertz CT molecular complexity index is 1360. The summed E-state index contributed by atoms with van der Waals surface area (Å²) in [5.41, 5.74) is 0.956. The topological polar surface area (TPSA) is 94.6 Å². The second-order valence-corrected chi connectivity index (χ2v) is 14.0. The van der Waals surface area contributed by atoms with Crippen molar-refractivity contribution in [3.63, 3.8) is 0 Å². The number of carbonyl (C=O) groups is 2. The first-order valence-corrected chi connectivity index (χ1v) is 16.2. The number of β-amino-alcohol motifs (C(OH)–C–C–N with tert-alkyl or cyclic N) is 1. The quantitative estimate of drug-likeness (QED) is 0.295. The first kappa shape index (κ1) is 30.5. The van der Waals surface area contributed by atoms with Gasteiger partial charge in [0, 0.05) is 46.4 Å². The lowest BCUT2D eigenvalue weighted by atomic mass is 9.72. The number of thioether (sulfide) groups is 1. The van der Waals surface area contributed by atoms with Gasteiger partial charge in [0.2, 0.25) is 5.91 Å². The molecule has 1 saturated carbocycles. The van der Waals surface area contributed by atoms with Gasteiger partial charge in [-0.15, -0.1) is 11.8 Å². The molecule has 42 heavy (non-hydrogen) atoms. The van der Waals surface area contributed by atoms with Gasteiger partial charge in [0.05, 0.1) is 23.7 Å². The summed E-state index contributed by atoms with van der Waals surface area (Å²) in [6.45, 7) is 7.14. The van der Waals surface area contributed by atoms with E-state index in [0.29, 0.717) is 29.7 Å². The number of aliphatic hydroxyl groups excluding tert-OH is 1. The Kier molecular flexibility index (Phi) is 9.86. The van der Waals surface area contributed by atoms with Gasteiger partial charge in [0.1, 0.15) is 0 Å². The number of hydrogen-bond donors (Lipinski definition) is 3. The molecule has 3 N–H and O–H groups in total. The summed E-state index contributed by atoms with van der Waals surface area (Å²) < 4.78 is 0. The van der Waals surface area contributed by atoms with Crippen molar-refractivity contribution >= 4 is 34.5 Å². The standard InChI is InChI=1S/C34H44N4O3S/c1-34(2,3)37-33(41)30-19-23-11-7-8-12-24(23)20-38(30)21-31(39)29(22-42-25-13-5-4-6-14-25)36-32(40)27-15-9-17-28-26(27)16-10-18-35-28/h4-6,9-10,13-18,23-24,29-31,39H,7-8,11-12,19-22H2,1-3H3,(H,36,40)(H,37,41)/t23-,24+,29+,30-,31-/m0/s1. The third-order valence-corrected chi connectivity index (χ3v) is 9.70. The zero-order chi connectivity index (χ0) is 29.7. The van der Waals surface area contributed by atoms with Crippen molar-refractivity contribution in [3.8, 4) is 0 Å². The molecule has 2 aliphatic rings. The van der Waals surface area contributed by atoms with E-state index >= 15 is 0 Å². The van der Waals surface area contributed by atoms with E-state index in [0.717, 1.165) is 28.8 Å². The Morgan fingerprint density at radius 2 is 1.79 bits per heavy atom. The van der Waals surface area contributed by atoms with Crippen LogP contribution in [0.5, 0.6) is 0 Å². The average molecular weight is 589 g/mol. The highest BCUT2D eigenvalue weighted by molar-refractivity contribution is 7.99. The van der Waals surface area contributed by atoms with E-state index in [1.165, 1.54) is 25.7 Å². The van der Waals surface area contributed by atoms with Gasteiger partial charge < -0.3 is 15.7 Å². The molecule has 2 fully saturated rings. The number of aliphatic hydroxyl groups is 1. The van der Waals surface area contributed by atoms with E-state index in [1.807, 2.05) is 75.4 Å². The molecule has 2 aromatic carbocycles. The number of nitrogens with zero attached hydrogens (tertiary/aromatic N) is 2. The maximum absolute atomic E-state index is 13.7. The third kappa shape index (κ3) is 7.71. The molecule has 0 radical (unpaired) electrons. The van der Waals surface area contributed by atoms with E-state index in [2.05, 4.69) is 20.5 Å². The van der Waals surface area contributed by atoms with Crippen LogP contribution in [-0.2, 0) is 4.79 Å². The zero-order valence-corrected chi connectivity index (χ0v) is 25.8. The highest BCUT2D eigenvalue weighted by atomic mass is 32.2. The van der Waals surface area contributed by atoms with Crippen molar-refractivity contribution in [1.29, 1.82) is 0 Å². The predicted molar refractivity (Wildman–Crippen MR) is 169 cm³/mol. The minimum Gasteiger partial charge on any atom is -0.390 e. The maximum Gasteiger partial charge on any atom is 0.252 e. The van der Waals surface area contributed by atoms with Crippen LogP contribution in [-0.4, -0.2) is 69.4 Å². The highest BCUT2D eigenvalue weighted by Gasteiger charge is 2.41. The number of hydrogen-bond acceptors (Lipinski definition) is 6. The van der Waals surface area contributed by atoms with Gasteiger partial charge in [0.25, 0.3) is 5.91 Å². The summed E-state index contributed by atoms with van der Waals surface area (Å²) in [5, 5.41) is 18.9.